The van der Waals surface area contributed by atoms with Gasteiger partial charge in [0.25, 0.3) is 0 Å². The van der Waals surface area contributed by atoms with Gasteiger partial charge in [-0.2, -0.15) is 0 Å². The predicted octanol–water partition coefficient (Wildman–Crippen LogP) is 17.3. The van der Waals surface area contributed by atoms with Crippen LogP contribution in [0.2, 0.25) is 0 Å². The highest BCUT2D eigenvalue weighted by Gasteiger charge is 2.53. The van der Waals surface area contributed by atoms with Crippen LogP contribution in [-0.4, -0.2) is 0 Å². The minimum absolute atomic E-state index is 0.470. The van der Waals surface area contributed by atoms with Gasteiger partial charge in [-0.3, -0.25) is 0 Å². The van der Waals surface area contributed by atoms with E-state index in [9.17, 15) is 0 Å². The maximum Gasteiger partial charge on any atom is 0.132 e. The van der Waals surface area contributed by atoms with Crippen molar-refractivity contribution in [3.8, 4) is 44.9 Å². The molecule has 0 saturated carbocycles. The maximum atomic E-state index is 6.75. The fraction of sp³-hybridized carbons (Fsp3) is 0.0303. The highest BCUT2D eigenvalue weighted by molar-refractivity contribution is 7.99. The molecular formula is C66H41NOS. The van der Waals surface area contributed by atoms with Crippen molar-refractivity contribution in [2.45, 2.75) is 20.6 Å². The molecule has 0 amide bonds. The van der Waals surface area contributed by atoms with Gasteiger partial charge in [-0.05, 0) is 103 Å². The Kier molecular flexibility index (Phi) is 8.17. The largest absolute Gasteiger partial charge is 0.457 e. The van der Waals surface area contributed by atoms with Crippen molar-refractivity contribution in [3.63, 3.8) is 0 Å². The summed E-state index contributed by atoms with van der Waals surface area (Å²) in [5.41, 5.74) is 19.8. The van der Waals surface area contributed by atoms with Crippen LogP contribution in [-0.2, 0) is 10.8 Å². The lowest BCUT2D eigenvalue weighted by atomic mass is 9.66. The normalized spacial score (nSPS) is 14.4. The number of rotatable bonds is 4. The molecule has 11 aromatic rings. The Morgan fingerprint density at radius 3 is 1.43 bits per heavy atom. The lowest BCUT2D eigenvalue weighted by Crippen LogP contribution is -2.32. The van der Waals surface area contributed by atoms with E-state index in [0.717, 1.165) is 45.3 Å². The van der Waals surface area contributed by atoms with E-state index >= 15 is 0 Å². The molecule has 0 unspecified atom stereocenters. The van der Waals surface area contributed by atoms with E-state index in [-0.39, 0.29) is 0 Å². The number of hydrogen-bond donors (Lipinski definition) is 0. The zero-order valence-corrected chi connectivity index (χ0v) is 38.3. The fourth-order valence-electron chi connectivity index (χ4n) is 12.9. The average Bonchev–Trinajstić information content (AvgIpc) is 3.88. The third-order valence-corrected chi connectivity index (χ3v) is 16.6. The van der Waals surface area contributed by atoms with Gasteiger partial charge in [0.2, 0.25) is 0 Å². The molecule has 0 fully saturated rings. The summed E-state index contributed by atoms with van der Waals surface area (Å²) in [4.78, 5) is 5.19. The molecule has 0 radical (unpaired) electrons. The van der Waals surface area contributed by atoms with E-state index < -0.39 is 10.8 Å². The molecule has 0 bridgehead atoms. The van der Waals surface area contributed by atoms with Crippen molar-refractivity contribution in [2.24, 2.45) is 0 Å². The Morgan fingerprint density at radius 2 is 0.754 bits per heavy atom. The molecule has 0 saturated heterocycles. The van der Waals surface area contributed by atoms with Crippen molar-refractivity contribution in [3.05, 3.63) is 293 Å². The van der Waals surface area contributed by atoms with Crippen LogP contribution in [0, 0.1) is 0 Å². The van der Waals surface area contributed by atoms with Crippen molar-refractivity contribution >= 4 is 39.6 Å². The first-order valence-electron chi connectivity index (χ1n) is 23.8. The molecule has 69 heavy (non-hydrogen) atoms. The van der Waals surface area contributed by atoms with E-state index in [1.165, 1.54) is 81.8 Å². The van der Waals surface area contributed by atoms with Crippen LogP contribution in [0.15, 0.2) is 259 Å². The Balaban J connectivity index is 1.05. The van der Waals surface area contributed by atoms with E-state index in [1.807, 2.05) is 11.8 Å². The van der Waals surface area contributed by atoms with Gasteiger partial charge in [-0.25, -0.2) is 0 Å². The first kappa shape index (κ1) is 38.7. The van der Waals surface area contributed by atoms with Gasteiger partial charge in [0.05, 0.1) is 27.9 Å². The number of hydrogen-bond acceptors (Lipinski definition) is 3. The predicted molar refractivity (Wildman–Crippen MR) is 283 cm³/mol. The van der Waals surface area contributed by atoms with Crippen LogP contribution < -0.4 is 9.64 Å². The molecule has 2 aliphatic heterocycles. The molecule has 11 aromatic carbocycles. The second-order valence-electron chi connectivity index (χ2n) is 18.6. The highest BCUT2D eigenvalue weighted by Crippen LogP contribution is 2.66. The summed E-state index contributed by atoms with van der Waals surface area (Å²) >= 11 is 1.89. The van der Waals surface area contributed by atoms with Crippen molar-refractivity contribution in [2.75, 3.05) is 4.90 Å². The van der Waals surface area contributed by atoms with Crippen LogP contribution in [0.25, 0.3) is 44.2 Å². The summed E-state index contributed by atoms with van der Waals surface area (Å²) in [5.74, 6) is 1.77. The number of anilines is 3. The van der Waals surface area contributed by atoms with E-state index in [2.05, 4.69) is 254 Å². The van der Waals surface area contributed by atoms with Gasteiger partial charge < -0.3 is 9.64 Å². The van der Waals surface area contributed by atoms with Crippen molar-refractivity contribution in [1.82, 2.24) is 0 Å². The molecule has 0 N–H and O–H groups in total. The van der Waals surface area contributed by atoms with Gasteiger partial charge in [-0.15, -0.1) is 0 Å². The second-order valence-corrected chi connectivity index (χ2v) is 19.6. The first-order chi connectivity index (χ1) is 34.3. The monoisotopic (exact) mass is 895 g/mol. The van der Waals surface area contributed by atoms with Crippen LogP contribution >= 0.6 is 11.8 Å². The molecule has 2 aliphatic carbocycles. The standard InChI is InChI=1S/C66H41NOS/c1-2-20-42(21-3-1)43-22-6-13-33-56(43)67(58-35-19-32-54-64(58)47-24-5-8-27-49(47)65(54)50-28-9-14-36-59(50)68-60-37-15-10-29-51(60)65)57-34-18-25-45-44(57)40-41-55-63(45)46-23-4-7-26-48(46)66(55)52-30-11-16-38-61(52)69-62-39-17-12-31-53(62)66/h1-41H. The summed E-state index contributed by atoms with van der Waals surface area (Å²) in [6.07, 6.45) is 0. The van der Waals surface area contributed by atoms with Gasteiger partial charge in [-0.1, -0.05) is 218 Å². The number of nitrogens with zero attached hydrogens (tertiary/aromatic N) is 1. The van der Waals surface area contributed by atoms with Crippen molar-refractivity contribution < 1.29 is 4.74 Å². The molecule has 322 valence electrons. The molecule has 0 atom stereocenters. The molecular weight excluding hydrogens is 855 g/mol. The SMILES string of the molecule is c1ccc(-c2ccccc2N(c2cccc3c2-c2ccccc2C32c3ccccc3Oc3ccccc32)c2cccc3c4c(ccc23)C2(c3ccccc3Sc3ccccc32)c2ccccc2-4)cc1. The lowest BCUT2D eigenvalue weighted by Gasteiger charge is -2.39. The summed E-state index contributed by atoms with van der Waals surface area (Å²) in [6, 6.07) is 92.3. The fourth-order valence-corrected chi connectivity index (χ4v) is 14.1. The quantitative estimate of drug-likeness (QED) is 0.175. The van der Waals surface area contributed by atoms with Crippen LogP contribution in [0.1, 0.15) is 44.5 Å². The Labute approximate surface area is 405 Å². The highest BCUT2D eigenvalue weighted by atomic mass is 32.2. The van der Waals surface area contributed by atoms with Gasteiger partial charge >= 0.3 is 0 Å². The van der Waals surface area contributed by atoms with Crippen LogP contribution in [0.3, 0.4) is 0 Å². The Bertz CT molecular complexity index is 3850. The Hall–Kier alpha value is -8.37. The summed E-state index contributed by atoms with van der Waals surface area (Å²) in [5, 5.41) is 2.43. The number of ether oxygens (including phenoxy) is 1. The van der Waals surface area contributed by atoms with Gasteiger partial charge in [0, 0.05) is 37.4 Å². The molecule has 0 aromatic heterocycles. The van der Waals surface area contributed by atoms with Crippen LogP contribution in [0.5, 0.6) is 11.5 Å². The smallest absolute Gasteiger partial charge is 0.132 e. The molecule has 2 heterocycles. The Morgan fingerprint density at radius 1 is 0.290 bits per heavy atom. The van der Waals surface area contributed by atoms with Crippen LogP contribution in [0.4, 0.5) is 17.1 Å². The number of benzene rings is 11. The van der Waals surface area contributed by atoms with Gasteiger partial charge in [0.1, 0.15) is 11.5 Å². The molecule has 4 aliphatic rings. The van der Waals surface area contributed by atoms with Crippen molar-refractivity contribution in [1.29, 1.82) is 0 Å². The maximum absolute atomic E-state index is 6.75. The number of para-hydroxylation sites is 3. The zero-order chi connectivity index (χ0) is 45.3. The third-order valence-electron chi connectivity index (χ3n) is 15.4. The zero-order valence-electron chi connectivity index (χ0n) is 37.4. The molecule has 15 rings (SSSR count). The molecule has 2 spiro atoms. The summed E-state index contributed by atoms with van der Waals surface area (Å²) in [7, 11) is 0. The summed E-state index contributed by atoms with van der Waals surface area (Å²) in [6.45, 7) is 0. The summed E-state index contributed by atoms with van der Waals surface area (Å²) < 4.78 is 6.75. The van der Waals surface area contributed by atoms with Gasteiger partial charge in [0.15, 0.2) is 0 Å². The van der Waals surface area contributed by atoms with E-state index in [1.54, 1.807) is 0 Å². The first-order valence-corrected chi connectivity index (χ1v) is 24.7. The molecule has 3 heteroatoms. The second kappa shape index (κ2) is 14.6. The molecule has 2 nitrogen and oxygen atoms in total. The minimum Gasteiger partial charge on any atom is -0.457 e. The topological polar surface area (TPSA) is 12.5 Å². The van der Waals surface area contributed by atoms with E-state index in [0.29, 0.717) is 0 Å². The third kappa shape index (κ3) is 5.07. The lowest BCUT2D eigenvalue weighted by molar-refractivity contribution is 0.436. The number of fused-ring (bicyclic) bond motifs is 20. The minimum atomic E-state index is -0.611. The average molecular weight is 896 g/mol. The van der Waals surface area contributed by atoms with E-state index in [4.69, 9.17) is 4.74 Å².